The van der Waals surface area contributed by atoms with Crippen molar-refractivity contribution in [3.63, 3.8) is 0 Å². The lowest BCUT2D eigenvalue weighted by Crippen LogP contribution is -2.33. The monoisotopic (exact) mass is 534 g/mol. The van der Waals surface area contributed by atoms with E-state index in [0.717, 1.165) is 35.4 Å². The van der Waals surface area contributed by atoms with E-state index in [4.69, 9.17) is 14.7 Å². The molecule has 0 bridgehead atoms. The number of ketones is 1. The van der Waals surface area contributed by atoms with Gasteiger partial charge in [-0.05, 0) is 25.5 Å². The number of carbonyl (C=O) groups excluding carboxylic acids is 1. The minimum atomic E-state index is -1.19. The maximum absolute atomic E-state index is 13.4. The van der Waals surface area contributed by atoms with Gasteiger partial charge < -0.3 is 9.64 Å². The maximum atomic E-state index is 13.4. The molecule has 38 heavy (non-hydrogen) atoms. The van der Waals surface area contributed by atoms with Gasteiger partial charge in [-0.15, -0.1) is 10.2 Å². The fraction of sp³-hybridized carbons (Fsp3) is 0.480. The standard InChI is InChI=1S/C25H34N10O2Si/c1-7-19-24-31-26-15-33(24)23-17(2)29-22(30-25(23)35(19)18-13-28-32(3)14-18)12-21(36)20-8-9-27-34(20)16-37-10-11-38(4,5)6/h8-9,13-15,19H,7,10-12,16H2,1-6H3. The topological polar surface area (TPSA) is 122 Å². The number of Topliss-reactive ketones (excluding diaryl/α,β-unsaturated/α-hetero) is 1. The largest absolute Gasteiger partial charge is 0.360 e. The van der Waals surface area contributed by atoms with Gasteiger partial charge in [0, 0.05) is 34.1 Å². The molecule has 1 unspecified atom stereocenters. The first-order chi connectivity index (χ1) is 18.2. The van der Waals surface area contributed by atoms with Gasteiger partial charge in [0.1, 0.15) is 30.3 Å². The fourth-order valence-electron chi connectivity index (χ4n) is 4.68. The van der Waals surface area contributed by atoms with Crippen LogP contribution in [0.5, 0.6) is 0 Å². The van der Waals surface area contributed by atoms with E-state index < -0.39 is 8.07 Å². The summed E-state index contributed by atoms with van der Waals surface area (Å²) in [6.45, 7) is 11.8. The molecule has 0 fully saturated rings. The summed E-state index contributed by atoms with van der Waals surface area (Å²) in [5.74, 6) is 1.85. The second kappa shape index (κ2) is 10.2. The third-order valence-electron chi connectivity index (χ3n) is 6.63. The summed E-state index contributed by atoms with van der Waals surface area (Å²) >= 11 is 0. The summed E-state index contributed by atoms with van der Waals surface area (Å²) in [5.41, 5.74) is 2.91. The molecule has 13 heteroatoms. The lowest BCUT2D eigenvalue weighted by Gasteiger charge is -2.36. The van der Waals surface area contributed by atoms with Crippen molar-refractivity contribution >= 4 is 25.4 Å². The Morgan fingerprint density at radius 3 is 2.71 bits per heavy atom. The summed E-state index contributed by atoms with van der Waals surface area (Å²) in [6, 6.07) is 2.68. The van der Waals surface area contributed by atoms with Gasteiger partial charge >= 0.3 is 0 Å². The van der Waals surface area contributed by atoms with Crippen LogP contribution in [-0.2, 0) is 24.9 Å². The molecule has 0 saturated carbocycles. The van der Waals surface area contributed by atoms with Crippen LogP contribution in [0.3, 0.4) is 0 Å². The van der Waals surface area contributed by atoms with Crippen LogP contribution in [0.4, 0.5) is 11.5 Å². The Kier molecular flexibility index (Phi) is 6.97. The van der Waals surface area contributed by atoms with Crippen LogP contribution < -0.4 is 4.90 Å². The van der Waals surface area contributed by atoms with Gasteiger partial charge in [-0.2, -0.15) is 10.2 Å². The van der Waals surface area contributed by atoms with E-state index in [1.165, 1.54) is 0 Å². The maximum Gasteiger partial charge on any atom is 0.188 e. The van der Waals surface area contributed by atoms with Crippen molar-refractivity contribution in [2.45, 2.75) is 65.1 Å². The normalized spacial score (nSPS) is 15.0. The second-order valence-electron chi connectivity index (χ2n) is 10.8. The number of aryl methyl sites for hydroxylation is 2. The average Bonchev–Trinajstić information content (AvgIpc) is 3.61. The molecule has 0 aliphatic carbocycles. The molecule has 1 atom stereocenters. The summed E-state index contributed by atoms with van der Waals surface area (Å²) in [5, 5.41) is 17.2. The summed E-state index contributed by atoms with van der Waals surface area (Å²) in [7, 11) is 0.685. The number of fused-ring (bicyclic) bond motifs is 3. The van der Waals surface area contributed by atoms with Gasteiger partial charge in [0.2, 0.25) is 0 Å². The highest BCUT2D eigenvalue weighted by molar-refractivity contribution is 6.76. The van der Waals surface area contributed by atoms with Gasteiger partial charge in [0.25, 0.3) is 0 Å². The highest BCUT2D eigenvalue weighted by Crippen LogP contribution is 2.43. The van der Waals surface area contributed by atoms with E-state index in [1.807, 2.05) is 24.7 Å². The van der Waals surface area contributed by atoms with E-state index in [0.29, 0.717) is 23.9 Å². The zero-order chi connectivity index (χ0) is 27.0. The SMILES string of the molecule is CCC1c2nncn2-c2c(C)nc(CC(=O)c3ccnn3COCC[Si](C)(C)C)nc2N1c1cnn(C)c1. The highest BCUT2D eigenvalue weighted by atomic mass is 28.3. The molecule has 0 N–H and O–H groups in total. The molecule has 0 aromatic carbocycles. The van der Waals surface area contributed by atoms with Crippen LogP contribution in [-0.4, -0.2) is 64.8 Å². The van der Waals surface area contributed by atoms with Crippen molar-refractivity contribution in [3.8, 4) is 5.69 Å². The molecule has 4 aromatic heterocycles. The molecular formula is C25H34N10O2Si. The Hall–Kier alpha value is -3.71. The highest BCUT2D eigenvalue weighted by Gasteiger charge is 2.36. The lowest BCUT2D eigenvalue weighted by molar-refractivity contribution is 0.0730. The molecule has 0 spiro atoms. The third kappa shape index (κ3) is 5.03. The number of anilines is 2. The van der Waals surface area contributed by atoms with E-state index >= 15 is 0 Å². The number of hydrogen-bond donors (Lipinski definition) is 0. The molecule has 200 valence electrons. The molecular weight excluding hydrogens is 500 g/mol. The molecule has 5 heterocycles. The second-order valence-corrected chi connectivity index (χ2v) is 16.4. The van der Waals surface area contributed by atoms with Crippen molar-refractivity contribution < 1.29 is 9.53 Å². The van der Waals surface area contributed by atoms with Crippen LogP contribution in [0.15, 0.2) is 31.0 Å². The van der Waals surface area contributed by atoms with E-state index in [1.54, 1.807) is 34.2 Å². The molecule has 1 aliphatic rings. The zero-order valence-electron chi connectivity index (χ0n) is 22.8. The number of ether oxygens (including phenoxy) is 1. The van der Waals surface area contributed by atoms with E-state index in [9.17, 15) is 4.79 Å². The van der Waals surface area contributed by atoms with E-state index in [2.05, 4.69) is 51.9 Å². The van der Waals surface area contributed by atoms with E-state index in [-0.39, 0.29) is 25.0 Å². The first kappa shape index (κ1) is 25.9. The predicted octanol–water partition coefficient (Wildman–Crippen LogP) is 3.64. The number of rotatable bonds is 10. The third-order valence-corrected chi connectivity index (χ3v) is 8.33. The zero-order valence-corrected chi connectivity index (χ0v) is 23.8. The van der Waals surface area contributed by atoms with Gasteiger partial charge in [0.05, 0.1) is 30.0 Å². The Labute approximate surface area is 222 Å². The molecule has 0 radical (unpaired) electrons. The quantitative estimate of drug-likeness (QED) is 0.170. The Bertz CT molecular complexity index is 1450. The number of aromatic nitrogens is 9. The number of nitrogens with zero attached hydrogens (tertiary/aromatic N) is 10. The van der Waals surface area contributed by atoms with Crippen LogP contribution in [0.1, 0.15) is 47.2 Å². The Balaban J connectivity index is 1.44. The molecule has 12 nitrogen and oxygen atoms in total. The predicted molar refractivity (Wildman–Crippen MR) is 144 cm³/mol. The van der Waals surface area contributed by atoms with Gasteiger partial charge in [-0.1, -0.05) is 26.6 Å². The van der Waals surface area contributed by atoms with Crippen molar-refractivity contribution in [3.05, 3.63) is 54.0 Å². The minimum Gasteiger partial charge on any atom is -0.360 e. The minimum absolute atomic E-state index is 0.0431. The first-order valence-electron chi connectivity index (χ1n) is 12.8. The summed E-state index contributed by atoms with van der Waals surface area (Å²) in [6.07, 6.45) is 7.89. The smallest absolute Gasteiger partial charge is 0.188 e. The van der Waals surface area contributed by atoms with Crippen molar-refractivity contribution in [1.29, 1.82) is 0 Å². The first-order valence-corrected chi connectivity index (χ1v) is 16.6. The summed E-state index contributed by atoms with van der Waals surface area (Å²) < 4.78 is 11.1. The van der Waals surface area contributed by atoms with Gasteiger partial charge in [-0.3, -0.25) is 14.0 Å². The van der Waals surface area contributed by atoms with Gasteiger partial charge in [0.15, 0.2) is 17.4 Å². The van der Waals surface area contributed by atoms with Crippen molar-refractivity contribution in [2.75, 3.05) is 11.5 Å². The van der Waals surface area contributed by atoms with Crippen LogP contribution >= 0.6 is 0 Å². The average molecular weight is 535 g/mol. The van der Waals surface area contributed by atoms with Crippen molar-refractivity contribution in [1.82, 2.24) is 44.3 Å². The Morgan fingerprint density at radius 1 is 1.18 bits per heavy atom. The van der Waals surface area contributed by atoms with Crippen molar-refractivity contribution in [2.24, 2.45) is 7.05 Å². The van der Waals surface area contributed by atoms with Crippen LogP contribution in [0, 0.1) is 6.92 Å². The van der Waals surface area contributed by atoms with Crippen LogP contribution in [0.2, 0.25) is 25.7 Å². The van der Waals surface area contributed by atoms with Gasteiger partial charge in [-0.25, -0.2) is 14.6 Å². The number of carbonyl (C=O) groups is 1. The Morgan fingerprint density at radius 2 is 2.00 bits per heavy atom. The summed E-state index contributed by atoms with van der Waals surface area (Å²) in [4.78, 5) is 25.1. The number of hydrogen-bond acceptors (Lipinski definition) is 9. The molecule has 0 amide bonds. The van der Waals surface area contributed by atoms with Crippen LogP contribution in [0.25, 0.3) is 5.69 Å². The molecule has 4 aromatic rings. The molecule has 5 rings (SSSR count). The molecule has 0 saturated heterocycles. The molecule has 1 aliphatic heterocycles. The lowest BCUT2D eigenvalue weighted by atomic mass is 10.1. The fourth-order valence-corrected chi connectivity index (χ4v) is 5.44.